The van der Waals surface area contributed by atoms with Crippen LogP contribution in [0.5, 0.6) is 0 Å². The average Bonchev–Trinajstić information content (AvgIpc) is 2.71. The molecule has 2 N–H and O–H groups in total. The summed E-state index contributed by atoms with van der Waals surface area (Å²) in [6.07, 6.45) is 2.65. The summed E-state index contributed by atoms with van der Waals surface area (Å²) < 4.78 is 1.55. The first-order valence-electron chi connectivity index (χ1n) is 3.96. The van der Waals surface area contributed by atoms with Crippen LogP contribution in [0.25, 0.3) is 11.2 Å². The number of nitrogens with one attached hydrogen (secondary N) is 1. The van der Waals surface area contributed by atoms with Gasteiger partial charge in [0.05, 0.1) is 0 Å². The number of thiazole rings is 1. The van der Waals surface area contributed by atoms with Crippen LogP contribution >= 0.6 is 11.3 Å². The molecule has 0 aliphatic carbocycles. The predicted octanol–water partition coefficient (Wildman–Crippen LogP) is -1.72. The van der Waals surface area contributed by atoms with Gasteiger partial charge in [-0.3, -0.25) is 9.59 Å². The number of fused-ring (bicyclic) bond motifs is 1. The highest BCUT2D eigenvalue weighted by atomic mass is 32.1. The summed E-state index contributed by atoms with van der Waals surface area (Å²) in [5.41, 5.74) is -0.301. The maximum atomic E-state index is 11.5. The van der Waals surface area contributed by atoms with Crippen molar-refractivity contribution in [2.75, 3.05) is 6.54 Å². The molecule has 0 fully saturated rings. The van der Waals surface area contributed by atoms with E-state index in [-0.39, 0.29) is 12.1 Å². The van der Waals surface area contributed by atoms with Gasteiger partial charge in [-0.05, 0) is 0 Å². The number of nitrogens with zero attached hydrogens (tertiary/aromatic N) is 3. The van der Waals surface area contributed by atoms with Gasteiger partial charge in [0, 0.05) is 6.20 Å². The molecule has 0 aliphatic heterocycles. The molecule has 0 aliphatic rings. The van der Waals surface area contributed by atoms with Crippen LogP contribution in [0.2, 0.25) is 0 Å². The Bertz CT molecular complexity index is 601. The Morgan fingerprint density at radius 3 is 3.20 bits per heavy atom. The molecule has 0 bridgehead atoms. The molecule has 0 unspecified atom stereocenters. The van der Waals surface area contributed by atoms with E-state index in [1.54, 1.807) is 0 Å². The molecular weight excluding hydrogens is 220 g/mol. The Hall–Kier alpha value is -1.96. The molecule has 2 aromatic rings. The number of hydrogen-bond donors (Lipinski definition) is 2. The van der Waals surface area contributed by atoms with Gasteiger partial charge in [-0.1, -0.05) is 11.3 Å². The third-order valence-electron chi connectivity index (χ3n) is 1.61. The Morgan fingerprint density at radius 1 is 1.73 bits per heavy atom. The van der Waals surface area contributed by atoms with Crippen LogP contribution in [0.15, 0.2) is 11.1 Å². The van der Waals surface area contributed by atoms with Crippen LogP contribution in [0.3, 0.4) is 0 Å². The number of aromatic nitrogens is 3. The van der Waals surface area contributed by atoms with Gasteiger partial charge in [-0.15, -0.1) is 0 Å². The lowest BCUT2D eigenvalue weighted by molar-refractivity contribution is -0.135. The van der Waals surface area contributed by atoms with Gasteiger partial charge in [0.25, 0.3) is 5.56 Å². The summed E-state index contributed by atoms with van der Waals surface area (Å²) in [5.74, 6) is -0.988. The molecule has 0 saturated heterocycles. The number of aliphatic carboxylic acids is 1. The summed E-state index contributed by atoms with van der Waals surface area (Å²) in [6.45, 7) is -0.229. The number of hydrogen-bond acceptors (Lipinski definition) is 6. The minimum Gasteiger partial charge on any atom is -0.480 e. The Morgan fingerprint density at radius 2 is 2.53 bits per heavy atom. The minimum atomic E-state index is -0.988. The van der Waals surface area contributed by atoms with Crippen molar-refractivity contribution < 1.29 is 9.90 Å². The normalized spacial score (nSPS) is 12.1. The van der Waals surface area contributed by atoms with E-state index in [0.29, 0.717) is 9.49 Å². The third-order valence-corrected chi connectivity index (χ3v) is 2.58. The molecular formula is C7H6N4O3S. The third kappa shape index (κ3) is 1.79. The Labute approximate surface area is 86.7 Å². The number of carboxylic acids is 1. The number of carboxylic acid groups (broad SMARTS) is 1. The molecule has 8 heteroatoms. The summed E-state index contributed by atoms with van der Waals surface area (Å²) >= 11 is 1.15. The van der Waals surface area contributed by atoms with Crippen LogP contribution in [0.4, 0.5) is 0 Å². The van der Waals surface area contributed by atoms with E-state index in [4.69, 9.17) is 5.11 Å². The quantitative estimate of drug-likeness (QED) is 0.646. The van der Waals surface area contributed by atoms with Crippen LogP contribution in [-0.4, -0.2) is 32.2 Å². The average molecular weight is 226 g/mol. The zero-order valence-corrected chi connectivity index (χ0v) is 8.19. The first-order chi connectivity index (χ1) is 7.18. The van der Waals surface area contributed by atoms with Crippen molar-refractivity contribution in [3.63, 3.8) is 0 Å². The maximum absolute atomic E-state index is 11.5. The predicted molar refractivity (Wildman–Crippen MR) is 52.5 cm³/mol. The Balaban J connectivity index is 2.35. The summed E-state index contributed by atoms with van der Waals surface area (Å²) in [5, 5.41) is 14.6. The molecule has 0 atom stereocenters. The van der Waals surface area contributed by atoms with Gasteiger partial charge in [-0.25, -0.2) is 4.98 Å². The zero-order valence-electron chi connectivity index (χ0n) is 7.38. The van der Waals surface area contributed by atoms with Crippen molar-refractivity contribution in [3.8, 4) is 0 Å². The van der Waals surface area contributed by atoms with E-state index in [9.17, 15) is 9.59 Å². The van der Waals surface area contributed by atoms with Gasteiger partial charge >= 0.3 is 5.97 Å². The molecule has 0 spiro atoms. The van der Waals surface area contributed by atoms with Gasteiger partial charge in [0.1, 0.15) is 17.4 Å². The van der Waals surface area contributed by atoms with E-state index in [1.807, 2.05) is 0 Å². The smallest absolute Gasteiger partial charge is 0.322 e. The summed E-state index contributed by atoms with van der Waals surface area (Å²) in [7, 11) is 0. The van der Waals surface area contributed by atoms with E-state index in [0.717, 1.165) is 11.3 Å². The van der Waals surface area contributed by atoms with Crippen molar-refractivity contribution in [2.45, 2.75) is 0 Å². The molecule has 0 radical (unpaired) electrons. The molecule has 2 rings (SSSR count). The second-order valence-electron chi connectivity index (χ2n) is 2.64. The zero-order chi connectivity index (χ0) is 10.8. The maximum Gasteiger partial charge on any atom is 0.322 e. The largest absolute Gasteiger partial charge is 0.480 e. The van der Waals surface area contributed by atoms with E-state index >= 15 is 0 Å². The van der Waals surface area contributed by atoms with Gasteiger partial charge in [0.2, 0.25) is 4.96 Å². The van der Waals surface area contributed by atoms with Crippen molar-refractivity contribution in [1.29, 1.82) is 0 Å². The molecule has 15 heavy (non-hydrogen) atoms. The molecule has 2 heterocycles. The highest BCUT2D eigenvalue weighted by Gasteiger charge is 2.04. The van der Waals surface area contributed by atoms with E-state index < -0.39 is 5.97 Å². The van der Waals surface area contributed by atoms with Crippen LogP contribution in [-0.2, 0) is 4.79 Å². The second kappa shape index (κ2) is 3.65. The Kier molecular flexibility index (Phi) is 2.34. The van der Waals surface area contributed by atoms with Crippen molar-refractivity contribution in [2.24, 2.45) is 0 Å². The van der Waals surface area contributed by atoms with Gasteiger partial charge in [0.15, 0.2) is 0 Å². The number of rotatable bonds is 3. The van der Waals surface area contributed by atoms with Crippen molar-refractivity contribution >= 4 is 28.5 Å². The van der Waals surface area contributed by atoms with Crippen LogP contribution in [0, 0.1) is 0 Å². The fraction of sp³-hybridized carbons (Fsp3) is 0.143. The number of carbonyl (C=O) groups is 1. The first kappa shape index (κ1) is 9.59. The van der Waals surface area contributed by atoms with Crippen LogP contribution in [0.1, 0.15) is 0 Å². The highest BCUT2D eigenvalue weighted by molar-refractivity contribution is 7.14. The molecule has 2 aromatic heterocycles. The monoisotopic (exact) mass is 226 g/mol. The second-order valence-corrected chi connectivity index (χ2v) is 3.65. The molecule has 7 nitrogen and oxygen atoms in total. The molecule has 0 aromatic carbocycles. The summed E-state index contributed by atoms with van der Waals surface area (Å²) in [4.78, 5) is 26.1. The lowest BCUT2D eigenvalue weighted by Crippen LogP contribution is -2.27. The molecule has 0 amide bonds. The van der Waals surface area contributed by atoms with E-state index in [1.165, 1.54) is 17.0 Å². The lowest BCUT2D eigenvalue weighted by atomic mass is 10.6. The molecule has 78 valence electrons. The fourth-order valence-corrected chi connectivity index (χ4v) is 1.84. The highest BCUT2D eigenvalue weighted by Crippen LogP contribution is 1.95. The topological polar surface area (TPSA) is 96.6 Å². The summed E-state index contributed by atoms with van der Waals surface area (Å²) in [6, 6.07) is 0. The van der Waals surface area contributed by atoms with Crippen molar-refractivity contribution in [1.82, 2.24) is 19.9 Å². The fourth-order valence-electron chi connectivity index (χ4n) is 1.01. The van der Waals surface area contributed by atoms with Crippen LogP contribution < -0.4 is 15.4 Å². The van der Waals surface area contributed by atoms with Gasteiger partial charge in [-0.2, -0.15) is 9.61 Å². The van der Waals surface area contributed by atoms with Gasteiger partial charge < -0.3 is 10.4 Å². The minimum absolute atomic E-state index is 0.229. The molecule has 0 saturated carbocycles. The lowest BCUT2D eigenvalue weighted by Gasteiger charge is -1.90. The standard InChI is InChI=1S/C7H6N4O3S/c12-5(13)2-8-1-4-6(14)11-7(15-4)9-3-10-11/h1,3,8H,2H2,(H,12,13)/b4-1-. The SMILES string of the molecule is O=C(O)CN/C=c1\sc2ncnn2c1=O. The first-order valence-corrected chi connectivity index (χ1v) is 4.78. The van der Waals surface area contributed by atoms with E-state index in [2.05, 4.69) is 15.4 Å². The van der Waals surface area contributed by atoms with Crippen molar-refractivity contribution in [3.05, 3.63) is 21.2 Å².